The molecule has 3 N–H and O–H groups in total. The fourth-order valence-corrected chi connectivity index (χ4v) is 3.18. The zero-order valence-corrected chi connectivity index (χ0v) is 13.7. The van der Waals surface area contributed by atoms with Crippen molar-refractivity contribution >= 4 is 37.5 Å². The predicted molar refractivity (Wildman–Crippen MR) is 79.3 cm³/mol. The number of carbonyl (C=O) groups is 1. The summed E-state index contributed by atoms with van der Waals surface area (Å²) < 4.78 is 22.8. The Morgan fingerprint density at radius 3 is 2.48 bits per heavy atom. The van der Waals surface area contributed by atoms with Crippen LogP contribution in [0.1, 0.15) is 24.2 Å². The lowest BCUT2D eigenvalue weighted by molar-refractivity contribution is -0.385. The molecule has 0 aromatic heterocycles. The Bertz CT molecular complexity index is 687. The molecule has 0 unspecified atom stereocenters. The van der Waals surface area contributed by atoms with Crippen LogP contribution in [0.2, 0.25) is 0 Å². The summed E-state index contributed by atoms with van der Waals surface area (Å²) in [6, 6.07) is 1.80. The Morgan fingerprint density at radius 1 is 1.48 bits per heavy atom. The molecule has 1 amide bonds. The highest BCUT2D eigenvalue weighted by atomic mass is 79.9. The van der Waals surface area contributed by atoms with E-state index in [-0.39, 0.29) is 16.0 Å². The minimum atomic E-state index is -4.21. The van der Waals surface area contributed by atoms with Gasteiger partial charge in [0.25, 0.3) is 11.6 Å². The Hall–Kier alpha value is -1.52. The van der Waals surface area contributed by atoms with Gasteiger partial charge in [-0.05, 0) is 21.8 Å². The smallest absolute Gasteiger partial charge is 0.271 e. The van der Waals surface area contributed by atoms with Crippen molar-refractivity contribution < 1.29 is 18.1 Å². The summed E-state index contributed by atoms with van der Waals surface area (Å²) in [5, 5.41) is 18.4. The SMILES string of the molecule is CC(C)CNC(=O)c1cc([N+](=O)[O-])cc(S(N)(=O)=O)c1Br. The molecule has 0 saturated carbocycles. The van der Waals surface area contributed by atoms with Gasteiger partial charge in [0.15, 0.2) is 0 Å². The molecule has 0 aliphatic carbocycles. The molecule has 0 aliphatic heterocycles. The molecular weight excluding hydrogens is 366 g/mol. The van der Waals surface area contributed by atoms with Crippen molar-refractivity contribution in [2.45, 2.75) is 18.7 Å². The third-order valence-corrected chi connectivity index (χ3v) is 4.51. The van der Waals surface area contributed by atoms with E-state index in [1.54, 1.807) is 0 Å². The molecule has 0 fully saturated rings. The fourth-order valence-electron chi connectivity index (χ4n) is 1.45. The number of non-ortho nitro benzene ring substituents is 1. The second-order valence-electron chi connectivity index (χ2n) is 4.71. The lowest BCUT2D eigenvalue weighted by atomic mass is 10.1. The van der Waals surface area contributed by atoms with Crippen LogP contribution in [-0.2, 0) is 10.0 Å². The van der Waals surface area contributed by atoms with E-state index in [4.69, 9.17) is 5.14 Å². The minimum absolute atomic E-state index is 0.100. The van der Waals surface area contributed by atoms with Crippen LogP contribution in [-0.4, -0.2) is 25.8 Å². The quantitative estimate of drug-likeness (QED) is 0.588. The Balaban J connectivity index is 3.41. The third kappa shape index (κ3) is 4.48. The van der Waals surface area contributed by atoms with E-state index in [2.05, 4.69) is 21.2 Å². The normalized spacial score (nSPS) is 11.5. The molecule has 0 atom stereocenters. The van der Waals surface area contributed by atoms with Crippen LogP contribution >= 0.6 is 15.9 Å². The van der Waals surface area contributed by atoms with E-state index < -0.39 is 31.4 Å². The van der Waals surface area contributed by atoms with E-state index in [9.17, 15) is 23.3 Å². The van der Waals surface area contributed by atoms with Gasteiger partial charge >= 0.3 is 0 Å². The molecular formula is C11H14BrN3O5S. The van der Waals surface area contributed by atoms with Crippen LogP contribution in [0.3, 0.4) is 0 Å². The van der Waals surface area contributed by atoms with Gasteiger partial charge in [0.05, 0.1) is 15.0 Å². The molecule has 116 valence electrons. The zero-order chi connectivity index (χ0) is 16.4. The van der Waals surface area contributed by atoms with Crippen molar-refractivity contribution in [1.82, 2.24) is 5.32 Å². The molecule has 0 heterocycles. The van der Waals surface area contributed by atoms with Gasteiger partial charge in [0.1, 0.15) is 4.90 Å². The molecule has 0 bridgehead atoms. The number of nitrogens with zero attached hydrogens (tertiary/aromatic N) is 1. The van der Waals surface area contributed by atoms with Crippen LogP contribution in [0.4, 0.5) is 5.69 Å². The van der Waals surface area contributed by atoms with E-state index >= 15 is 0 Å². The number of rotatable bonds is 5. The van der Waals surface area contributed by atoms with E-state index in [1.165, 1.54) is 0 Å². The predicted octanol–water partition coefficient (Wildman–Crippen LogP) is 1.39. The lowest BCUT2D eigenvalue weighted by Gasteiger charge is -2.11. The Kier molecular flexibility index (Phi) is 5.42. The highest BCUT2D eigenvalue weighted by molar-refractivity contribution is 9.10. The summed E-state index contributed by atoms with van der Waals surface area (Å²) >= 11 is 2.97. The number of carbonyl (C=O) groups excluding carboxylic acids is 1. The second kappa shape index (κ2) is 6.50. The van der Waals surface area contributed by atoms with Gasteiger partial charge in [-0.3, -0.25) is 14.9 Å². The summed E-state index contributed by atoms with van der Waals surface area (Å²) in [4.78, 5) is 21.6. The number of nitro groups is 1. The van der Waals surface area contributed by atoms with Gasteiger partial charge in [0.2, 0.25) is 10.0 Å². The maximum absolute atomic E-state index is 12.0. The number of primary sulfonamides is 1. The largest absolute Gasteiger partial charge is 0.352 e. The van der Waals surface area contributed by atoms with Crippen molar-refractivity contribution in [3.63, 3.8) is 0 Å². The minimum Gasteiger partial charge on any atom is -0.352 e. The molecule has 8 nitrogen and oxygen atoms in total. The Labute approximate surface area is 130 Å². The fraction of sp³-hybridized carbons (Fsp3) is 0.364. The molecule has 1 aromatic rings. The van der Waals surface area contributed by atoms with Crippen LogP contribution in [0.15, 0.2) is 21.5 Å². The number of nitro benzene ring substituents is 1. The topological polar surface area (TPSA) is 132 Å². The summed E-state index contributed by atoms with van der Waals surface area (Å²) in [6.45, 7) is 4.09. The molecule has 0 saturated heterocycles. The highest BCUT2D eigenvalue weighted by Crippen LogP contribution is 2.30. The first-order valence-corrected chi connectivity index (χ1v) is 8.17. The number of nitrogens with two attached hydrogens (primary N) is 1. The number of hydrogen-bond donors (Lipinski definition) is 2. The van der Waals surface area contributed by atoms with Crippen LogP contribution in [0.25, 0.3) is 0 Å². The number of benzene rings is 1. The number of hydrogen-bond acceptors (Lipinski definition) is 5. The number of amides is 1. The second-order valence-corrected chi connectivity index (χ2v) is 7.03. The van der Waals surface area contributed by atoms with Crippen molar-refractivity contribution in [1.29, 1.82) is 0 Å². The van der Waals surface area contributed by atoms with E-state index in [1.807, 2.05) is 13.8 Å². The number of nitrogens with one attached hydrogen (secondary N) is 1. The maximum Gasteiger partial charge on any atom is 0.271 e. The Morgan fingerprint density at radius 2 is 2.05 bits per heavy atom. The first-order chi connectivity index (χ1) is 9.54. The highest BCUT2D eigenvalue weighted by Gasteiger charge is 2.24. The molecule has 0 radical (unpaired) electrons. The summed E-state index contributed by atoms with van der Waals surface area (Å²) in [6.07, 6.45) is 0. The summed E-state index contributed by atoms with van der Waals surface area (Å²) in [7, 11) is -4.21. The van der Waals surface area contributed by atoms with Gasteiger partial charge in [-0.25, -0.2) is 13.6 Å². The zero-order valence-electron chi connectivity index (χ0n) is 11.3. The maximum atomic E-state index is 12.0. The van der Waals surface area contributed by atoms with Gasteiger partial charge in [-0.15, -0.1) is 0 Å². The average molecular weight is 380 g/mol. The molecule has 1 aromatic carbocycles. The first kappa shape index (κ1) is 17.5. The van der Waals surface area contributed by atoms with Crippen LogP contribution < -0.4 is 10.5 Å². The van der Waals surface area contributed by atoms with Crippen molar-refractivity contribution in [2.24, 2.45) is 11.1 Å². The molecule has 21 heavy (non-hydrogen) atoms. The van der Waals surface area contributed by atoms with Gasteiger partial charge in [-0.1, -0.05) is 13.8 Å². The lowest BCUT2D eigenvalue weighted by Crippen LogP contribution is -2.28. The van der Waals surface area contributed by atoms with Crippen molar-refractivity contribution in [3.05, 3.63) is 32.3 Å². The first-order valence-electron chi connectivity index (χ1n) is 5.83. The standard InChI is InChI=1S/C11H14BrN3O5S/c1-6(2)5-14-11(16)8-3-7(15(17)18)4-9(10(8)12)21(13,19)20/h3-4,6H,5H2,1-2H3,(H,14,16)(H2,13,19,20). The van der Waals surface area contributed by atoms with Crippen molar-refractivity contribution in [3.8, 4) is 0 Å². The van der Waals surface area contributed by atoms with Crippen molar-refractivity contribution in [2.75, 3.05) is 6.54 Å². The third-order valence-electron chi connectivity index (χ3n) is 2.46. The molecule has 0 spiro atoms. The summed E-state index contributed by atoms with van der Waals surface area (Å²) in [5.41, 5.74) is -0.689. The van der Waals surface area contributed by atoms with Crippen LogP contribution in [0.5, 0.6) is 0 Å². The molecule has 10 heteroatoms. The van der Waals surface area contributed by atoms with Gasteiger partial charge in [-0.2, -0.15) is 0 Å². The number of halogens is 1. The van der Waals surface area contributed by atoms with Gasteiger partial charge < -0.3 is 5.32 Å². The molecule has 0 aliphatic rings. The summed E-state index contributed by atoms with van der Waals surface area (Å²) in [5.74, 6) is -0.451. The monoisotopic (exact) mass is 379 g/mol. The van der Waals surface area contributed by atoms with E-state index in [0.717, 1.165) is 12.1 Å². The average Bonchev–Trinajstić information content (AvgIpc) is 2.34. The van der Waals surface area contributed by atoms with Crippen LogP contribution in [0, 0.1) is 16.0 Å². The number of sulfonamides is 1. The van der Waals surface area contributed by atoms with Gasteiger partial charge in [0, 0.05) is 18.7 Å². The van der Waals surface area contributed by atoms with E-state index in [0.29, 0.717) is 6.54 Å². The molecule has 1 rings (SSSR count).